The number of unbranched alkanes of at least 4 members (excludes halogenated alkanes) is 14. The van der Waals surface area contributed by atoms with Crippen molar-refractivity contribution >= 4 is 29.4 Å². The molecule has 0 unspecified atom stereocenters. The standard InChI is InChI=1S/C34H48O2S/c1-3-4-5-6-7-8-9-10-11-12-13-14-15-16-17-27-37-33-24-22-31(23-25-33)34(36)26-21-30-19-18-20-32(28-30)29(2)35/h18-26,28H,3-17,27H2,1-2H3/b26-21+. The Labute approximate surface area is 230 Å². The minimum atomic E-state index is -0.0211. The maximum absolute atomic E-state index is 12.5. The molecule has 0 aliphatic rings. The molecule has 2 aromatic carbocycles. The second-order valence-corrected chi connectivity index (χ2v) is 11.4. The van der Waals surface area contributed by atoms with E-state index in [1.54, 1.807) is 25.1 Å². The number of rotatable bonds is 21. The second-order valence-electron chi connectivity index (χ2n) is 10.2. The minimum absolute atomic E-state index is 0.0211. The van der Waals surface area contributed by atoms with Gasteiger partial charge in [-0.2, -0.15) is 0 Å². The van der Waals surface area contributed by atoms with Crippen LogP contribution in [0, 0.1) is 0 Å². The summed E-state index contributed by atoms with van der Waals surface area (Å²) in [5, 5.41) is 0. The molecule has 3 heteroatoms. The summed E-state index contributed by atoms with van der Waals surface area (Å²) in [5.41, 5.74) is 2.21. The molecule has 0 aliphatic carbocycles. The van der Waals surface area contributed by atoms with Crippen molar-refractivity contribution in [2.24, 2.45) is 0 Å². The number of carbonyl (C=O) groups excluding carboxylic acids is 2. The lowest BCUT2D eigenvalue weighted by molar-refractivity contribution is 0.101. The Morgan fingerprint density at radius 2 is 1.22 bits per heavy atom. The largest absolute Gasteiger partial charge is 0.295 e. The number of thioether (sulfide) groups is 1. The third kappa shape index (κ3) is 14.4. The van der Waals surface area contributed by atoms with Crippen molar-refractivity contribution in [2.45, 2.75) is 115 Å². The van der Waals surface area contributed by atoms with E-state index in [2.05, 4.69) is 6.92 Å². The Kier molecular flexibility index (Phi) is 16.7. The van der Waals surface area contributed by atoms with Gasteiger partial charge in [0.25, 0.3) is 0 Å². The quantitative estimate of drug-likeness (QED) is 0.0710. The smallest absolute Gasteiger partial charge is 0.185 e. The molecule has 202 valence electrons. The van der Waals surface area contributed by atoms with Crippen LogP contribution in [0.1, 0.15) is 136 Å². The van der Waals surface area contributed by atoms with Crippen molar-refractivity contribution in [1.29, 1.82) is 0 Å². The fourth-order valence-electron chi connectivity index (χ4n) is 4.51. The van der Waals surface area contributed by atoms with E-state index in [4.69, 9.17) is 0 Å². The van der Waals surface area contributed by atoms with Crippen molar-refractivity contribution in [3.63, 3.8) is 0 Å². The van der Waals surface area contributed by atoms with E-state index in [0.717, 1.165) is 11.3 Å². The number of allylic oxidation sites excluding steroid dienone is 1. The van der Waals surface area contributed by atoms with Gasteiger partial charge in [-0.05, 0) is 61.1 Å². The van der Waals surface area contributed by atoms with Crippen LogP contribution in [0.4, 0.5) is 0 Å². The van der Waals surface area contributed by atoms with Crippen molar-refractivity contribution in [1.82, 2.24) is 0 Å². The first-order chi connectivity index (χ1) is 18.1. The van der Waals surface area contributed by atoms with E-state index in [1.165, 1.54) is 101 Å². The van der Waals surface area contributed by atoms with Gasteiger partial charge in [0.2, 0.25) is 0 Å². The van der Waals surface area contributed by atoms with E-state index in [1.807, 2.05) is 54.2 Å². The van der Waals surface area contributed by atoms with Crippen molar-refractivity contribution in [2.75, 3.05) is 5.75 Å². The molecule has 0 heterocycles. The van der Waals surface area contributed by atoms with Gasteiger partial charge < -0.3 is 0 Å². The zero-order valence-corrected chi connectivity index (χ0v) is 24.1. The van der Waals surface area contributed by atoms with Crippen LogP contribution >= 0.6 is 11.8 Å². The van der Waals surface area contributed by atoms with Gasteiger partial charge in [0, 0.05) is 16.0 Å². The van der Waals surface area contributed by atoms with Gasteiger partial charge in [0.15, 0.2) is 11.6 Å². The Balaban J connectivity index is 1.50. The highest BCUT2D eigenvalue weighted by molar-refractivity contribution is 7.99. The average Bonchev–Trinajstić information content (AvgIpc) is 2.92. The summed E-state index contributed by atoms with van der Waals surface area (Å²) in [4.78, 5) is 25.3. The Morgan fingerprint density at radius 1 is 0.676 bits per heavy atom. The molecule has 0 radical (unpaired) electrons. The van der Waals surface area contributed by atoms with Crippen LogP contribution in [0.15, 0.2) is 59.5 Å². The summed E-state index contributed by atoms with van der Waals surface area (Å²) in [6.45, 7) is 3.83. The molecule has 0 aliphatic heterocycles. The van der Waals surface area contributed by atoms with Gasteiger partial charge >= 0.3 is 0 Å². The topological polar surface area (TPSA) is 34.1 Å². The molecular weight excluding hydrogens is 472 g/mol. The minimum Gasteiger partial charge on any atom is -0.295 e. The molecule has 2 nitrogen and oxygen atoms in total. The highest BCUT2D eigenvalue weighted by atomic mass is 32.2. The van der Waals surface area contributed by atoms with Crippen molar-refractivity contribution in [3.8, 4) is 0 Å². The molecule has 0 atom stereocenters. The average molecular weight is 521 g/mol. The maximum Gasteiger partial charge on any atom is 0.185 e. The molecular formula is C34H48O2S. The molecule has 0 aromatic heterocycles. The molecule has 0 saturated carbocycles. The zero-order valence-electron chi connectivity index (χ0n) is 23.3. The Hall–Kier alpha value is -2.13. The van der Waals surface area contributed by atoms with Crippen LogP contribution in [0.2, 0.25) is 0 Å². The molecule has 2 rings (SSSR count). The van der Waals surface area contributed by atoms with Crippen LogP contribution < -0.4 is 0 Å². The summed E-state index contributed by atoms with van der Waals surface area (Å²) in [6.07, 6.45) is 24.3. The third-order valence-corrected chi connectivity index (χ3v) is 7.97. The van der Waals surface area contributed by atoms with Crippen LogP contribution in [0.3, 0.4) is 0 Å². The highest BCUT2D eigenvalue weighted by Gasteiger charge is 2.04. The molecule has 37 heavy (non-hydrogen) atoms. The molecule has 0 bridgehead atoms. The lowest BCUT2D eigenvalue weighted by atomic mass is 10.0. The monoisotopic (exact) mass is 520 g/mol. The van der Waals surface area contributed by atoms with Gasteiger partial charge in [-0.25, -0.2) is 0 Å². The summed E-state index contributed by atoms with van der Waals surface area (Å²) >= 11 is 1.88. The van der Waals surface area contributed by atoms with E-state index in [9.17, 15) is 9.59 Å². The first-order valence-corrected chi connectivity index (χ1v) is 15.6. The van der Waals surface area contributed by atoms with Crippen LogP contribution in [-0.4, -0.2) is 17.3 Å². The van der Waals surface area contributed by atoms with Crippen molar-refractivity contribution < 1.29 is 9.59 Å². The van der Waals surface area contributed by atoms with Gasteiger partial charge in [-0.15, -0.1) is 11.8 Å². The predicted octanol–water partition coefficient (Wildman–Crippen LogP) is 10.7. The molecule has 0 saturated heterocycles. The number of hydrogen-bond donors (Lipinski definition) is 0. The molecule has 2 aromatic rings. The number of hydrogen-bond acceptors (Lipinski definition) is 3. The lowest BCUT2D eigenvalue weighted by Crippen LogP contribution is -1.94. The second kappa shape index (κ2) is 19.9. The zero-order chi connectivity index (χ0) is 26.6. The predicted molar refractivity (Wildman–Crippen MR) is 162 cm³/mol. The molecule has 0 amide bonds. The fourth-order valence-corrected chi connectivity index (χ4v) is 5.42. The van der Waals surface area contributed by atoms with Crippen LogP contribution in [-0.2, 0) is 0 Å². The number of benzene rings is 2. The summed E-state index contributed by atoms with van der Waals surface area (Å²) in [7, 11) is 0. The van der Waals surface area contributed by atoms with E-state index >= 15 is 0 Å². The molecule has 0 spiro atoms. The Morgan fingerprint density at radius 3 is 1.76 bits per heavy atom. The van der Waals surface area contributed by atoms with E-state index in [0.29, 0.717) is 11.1 Å². The van der Waals surface area contributed by atoms with Crippen LogP contribution in [0.25, 0.3) is 6.08 Å². The SMILES string of the molecule is CCCCCCCCCCCCCCCCCSc1ccc(C(=O)/C=C/c2cccc(C(C)=O)c2)cc1. The first-order valence-electron chi connectivity index (χ1n) is 14.7. The normalized spacial score (nSPS) is 11.3. The number of ketones is 2. The van der Waals surface area contributed by atoms with Gasteiger partial charge in [0.1, 0.15) is 0 Å². The first kappa shape index (κ1) is 31.1. The summed E-state index contributed by atoms with van der Waals surface area (Å²) in [6, 6.07) is 15.3. The third-order valence-electron chi connectivity index (χ3n) is 6.88. The van der Waals surface area contributed by atoms with E-state index in [-0.39, 0.29) is 11.6 Å². The number of Topliss-reactive ketones (excluding diaryl/α,β-unsaturated/α-hetero) is 1. The highest BCUT2D eigenvalue weighted by Crippen LogP contribution is 2.21. The molecule has 0 N–H and O–H groups in total. The van der Waals surface area contributed by atoms with Gasteiger partial charge in [-0.3, -0.25) is 9.59 Å². The van der Waals surface area contributed by atoms with Crippen molar-refractivity contribution in [3.05, 3.63) is 71.3 Å². The number of carbonyl (C=O) groups is 2. The van der Waals surface area contributed by atoms with Gasteiger partial charge in [-0.1, -0.05) is 121 Å². The van der Waals surface area contributed by atoms with Gasteiger partial charge in [0.05, 0.1) is 0 Å². The maximum atomic E-state index is 12.5. The summed E-state index contributed by atoms with van der Waals surface area (Å²) < 4.78 is 0. The summed E-state index contributed by atoms with van der Waals surface area (Å²) in [5.74, 6) is 1.14. The Bertz CT molecular complexity index is 929. The van der Waals surface area contributed by atoms with E-state index < -0.39 is 0 Å². The van der Waals surface area contributed by atoms with Crippen LogP contribution in [0.5, 0.6) is 0 Å². The lowest BCUT2D eigenvalue weighted by Gasteiger charge is -2.04. The fraction of sp³-hybridized carbons (Fsp3) is 0.529. The molecule has 0 fully saturated rings.